The van der Waals surface area contributed by atoms with Gasteiger partial charge in [0, 0.05) is 37.4 Å². The van der Waals surface area contributed by atoms with Crippen LogP contribution in [0.3, 0.4) is 0 Å². The maximum absolute atomic E-state index is 12.8. The van der Waals surface area contributed by atoms with E-state index in [0.717, 1.165) is 22.3 Å². The number of benzene rings is 2. The minimum absolute atomic E-state index is 0.0986. The summed E-state index contributed by atoms with van der Waals surface area (Å²) in [6.45, 7) is 4.32. The Morgan fingerprint density at radius 1 is 1.06 bits per heavy atom. The second-order valence-electron chi connectivity index (χ2n) is 7.60. The van der Waals surface area contributed by atoms with Gasteiger partial charge in [0.1, 0.15) is 6.54 Å². The molecule has 2 aliphatic heterocycles. The van der Waals surface area contributed by atoms with Crippen molar-refractivity contribution in [2.24, 2.45) is 0 Å². The summed E-state index contributed by atoms with van der Waals surface area (Å²) >= 11 is 0.758. The largest absolute Gasteiger partial charge is 0.504 e. The number of anilines is 1. The normalized spacial score (nSPS) is 17.7. The van der Waals surface area contributed by atoms with Crippen LogP contribution >= 0.6 is 11.8 Å². The number of hydrogen-bond donors (Lipinski definition) is 1. The first-order valence-corrected chi connectivity index (χ1v) is 11.6. The molecule has 172 valence electrons. The number of carbonyl (C=O) groups excluding carboxylic acids is 3. The van der Waals surface area contributed by atoms with Gasteiger partial charge in [-0.05, 0) is 43.0 Å². The van der Waals surface area contributed by atoms with E-state index in [-0.39, 0.29) is 23.1 Å². The van der Waals surface area contributed by atoms with Crippen molar-refractivity contribution >= 4 is 40.6 Å². The molecule has 0 saturated carbocycles. The van der Waals surface area contributed by atoms with Crippen molar-refractivity contribution < 1.29 is 24.2 Å². The zero-order chi connectivity index (χ0) is 23.4. The molecule has 33 heavy (non-hydrogen) atoms. The quantitative estimate of drug-likeness (QED) is 0.653. The summed E-state index contributed by atoms with van der Waals surface area (Å²) in [7, 11) is 0. The third-order valence-electron chi connectivity index (χ3n) is 5.54. The molecular weight excluding hydrogens is 442 g/mol. The van der Waals surface area contributed by atoms with Crippen LogP contribution in [-0.4, -0.2) is 71.3 Å². The fourth-order valence-electron chi connectivity index (χ4n) is 3.79. The van der Waals surface area contributed by atoms with Gasteiger partial charge in [0.05, 0.1) is 11.5 Å². The predicted octanol–water partition coefficient (Wildman–Crippen LogP) is 3.18. The van der Waals surface area contributed by atoms with Gasteiger partial charge in [-0.15, -0.1) is 0 Å². The highest BCUT2D eigenvalue weighted by Gasteiger charge is 2.37. The van der Waals surface area contributed by atoms with Crippen LogP contribution in [-0.2, 0) is 9.59 Å². The number of para-hydroxylation sites is 2. The fraction of sp³-hybridized carbons (Fsp3) is 0.292. The Balaban J connectivity index is 1.39. The van der Waals surface area contributed by atoms with E-state index in [1.54, 1.807) is 30.0 Å². The molecule has 2 aromatic rings. The first-order valence-electron chi connectivity index (χ1n) is 10.8. The average molecular weight is 468 g/mol. The summed E-state index contributed by atoms with van der Waals surface area (Å²) in [5.74, 6) is -0.594. The Kier molecular flexibility index (Phi) is 6.88. The zero-order valence-electron chi connectivity index (χ0n) is 18.3. The summed E-state index contributed by atoms with van der Waals surface area (Å²) in [4.78, 5) is 43.1. The van der Waals surface area contributed by atoms with Gasteiger partial charge in [-0.25, -0.2) is 0 Å². The minimum atomic E-state index is -0.539. The standard InChI is InChI=1S/C24H25N3O5S/c1-2-32-19-10-6-7-17(22(19)29)15-20-23(30)27(24(31)33-20)16-21(28)26-13-11-25(12-14-26)18-8-4-3-5-9-18/h3-10,15,29H,2,11-14,16H2,1H3. The molecule has 4 rings (SSSR count). The van der Waals surface area contributed by atoms with Gasteiger partial charge >= 0.3 is 0 Å². The van der Waals surface area contributed by atoms with Gasteiger partial charge in [0.15, 0.2) is 11.5 Å². The number of thioether (sulfide) groups is 1. The lowest BCUT2D eigenvalue weighted by Crippen LogP contribution is -2.51. The topological polar surface area (TPSA) is 90.4 Å². The first-order chi connectivity index (χ1) is 16.0. The molecular formula is C24H25N3O5S. The summed E-state index contributed by atoms with van der Waals surface area (Å²) in [6.07, 6.45) is 1.45. The van der Waals surface area contributed by atoms with Gasteiger partial charge in [-0.1, -0.05) is 30.3 Å². The second kappa shape index (κ2) is 9.99. The molecule has 0 unspecified atom stereocenters. The first kappa shape index (κ1) is 22.7. The SMILES string of the molecule is CCOc1cccc(C=C2SC(=O)N(CC(=O)N3CCN(c4ccccc4)CC3)C2=O)c1O. The van der Waals surface area contributed by atoms with Gasteiger partial charge in [-0.3, -0.25) is 19.3 Å². The van der Waals surface area contributed by atoms with E-state index < -0.39 is 11.1 Å². The number of ether oxygens (including phenoxy) is 1. The summed E-state index contributed by atoms with van der Waals surface area (Å²) in [5, 5.41) is 9.87. The van der Waals surface area contributed by atoms with E-state index in [1.807, 2.05) is 30.3 Å². The van der Waals surface area contributed by atoms with Crippen LogP contribution in [0.15, 0.2) is 53.4 Å². The highest BCUT2D eigenvalue weighted by molar-refractivity contribution is 8.18. The number of carbonyl (C=O) groups is 3. The maximum atomic E-state index is 12.8. The number of nitrogens with zero attached hydrogens (tertiary/aromatic N) is 3. The van der Waals surface area contributed by atoms with E-state index in [2.05, 4.69) is 4.90 Å². The molecule has 0 atom stereocenters. The third kappa shape index (κ3) is 4.98. The van der Waals surface area contributed by atoms with Crippen molar-refractivity contribution in [1.82, 2.24) is 9.80 Å². The zero-order valence-corrected chi connectivity index (χ0v) is 19.1. The molecule has 2 saturated heterocycles. The second-order valence-corrected chi connectivity index (χ2v) is 8.59. The average Bonchev–Trinajstić information content (AvgIpc) is 3.09. The van der Waals surface area contributed by atoms with E-state index in [9.17, 15) is 19.5 Å². The summed E-state index contributed by atoms with van der Waals surface area (Å²) < 4.78 is 5.36. The van der Waals surface area contributed by atoms with Gasteiger partial charge < -0.3 is 19.6 Å². The number of amides is 3. The van der Waals surface area contributed by atoms with Crippen LogP contribution in [0, 0.1) is 0 Å². The Bertz CT molecular complexity index is 1080. The summed E-state index contributed by atoms with van der Waals surface area (Å²) in [5.41, 5.74) is 1.48. The lowest BCUT2D eigenvalue weighted by molar-refractivity contribution is -0.136. The van der Waals surface area contributed by atoms with Crippen LogP contribution in [0.4, 0.5) is 10.5 Å². The molecule has 8 nitrogen and oxygen atoms in total. The Morgan fingerprint density at radius 3 is 2.48 bits per heavy atom. The third-order valence-corrected chi connectivity index (χ3v) is 6.44. The van der Waals surface area contributed by atoms with Gasteiger partial charge in [0.25, 0.3) is 11.1 Å². The van der Waals surface area contributed by atoms with Crippen LogP contribution in [0.1, 0.15) is 12.5 Å². The predicted molar refractivity (Wildman–Crippen MR) is 127 cm³/mol. The van der Waals surface area contributed by atoms with Crippen molar-refractivity contribution in [3.05, 3.63) is 59.0 Å². The van der Waals surface area contributed by atoms with Gasteiger partial charge in [-0.2, -0.15) is 0 Å². The number of piperazine rings is 1. The molecule has 2 fully saturated rings. The van der Waals surface area contributed by atoms with E-state index in [4.69, 9.17) is 4.74 Å². The van der Waals surface area contributed by atoms with Crippen LogP contribution in [0.5, 0.6) is 11.5 Å². The molecule has 2 aliphatic rings. The molecule has 3 amide bonds. The number of hydrogen-bond acceptors (Lipinski definition) is 7. The number of imide groups is 1. The smallest absolute Gasteiger partial charge is 0.294 e. The lowest BCUT2D eigenvalue weighted by Gasteiger charge is -2.36. The molecule has 0 spiro atoms. The minimum Gasteiger partial charge on any atom is -0.504 e. The van der Waals surface area contributed by atoms with Crippen molar-refractivity contribution in [2.75, 3.05) is 44.2 Å². The molecule has 0 aromatic heterocycles. The fourth-order valence-corrected chi connectivity index (χ4v) is 4.62. The van der Waals surface area contributed by atoms with Crippen LogP contribution < -0.4 is 9.64 Å². The molecule has 0 bridgehead atoms. The van der Waals surface area contributed by atoms with Crippen molar-refractivity contribution in [2.45, 2.75) is 6.92 Å². The van der Waals surface area contributed by atoms with Crippen LogP contribution in [0.2, 0.25) is 0 Å². The highest BCUT2D eigenvalue weighted by atomic mass is 32.2. The molecule has 2 aromatic carbocycles. The maximum Gasteiger partial charge on any atom is 0.294 e. The number of phenolic OH excluding ortho intramolecular Hbond substituents is 1. The summed E-state index contributed by atoms with van der Waals surface area (Å²) in [6, 6.07) is 14.9. The molecule has 9 heteroatoms. The van der Waals surface area contributed by atoms with E-state index in [0.29, 0.717) is 44.1 Å². The van der Waals surface area contributed by atoms with Gasteiger partial charge in [0.2, 0.25) is 5.91 Å². The van der Waals surface area contributed by atoms with Crippen LogP contribution in [0.25, 0.3) is 6.08 Å². The molecule has 2 heterocycles. The van der Waals surface area contributed by atoms with Crippen molar-refractivity contribution in [3.8, 4) is 11.5 Å². The number of aromatic hydroxyl groups is 1. The number of rotatable bonds is 6. The molecule has 1 N–H and O–H groups in total. The Hall–Kier alpha value is -3.46. The number of phenols is 1. The molecule has 0 radical (unpaired) electrons. The van der Waals surface area contributed by atoms with Crippen molar-refractivity contribution in [3.63, 3.8) is 0 Å². The van der Waals surface area contributed by atoms with Crippen molar-refractivity contribution in [1.29, 1.82) is 0 Å². The van der Waals surface area contributed by atoms with E-state index in [1.165, 1.54) is 6.08 Å². The lowest BCUT2D eigenvalue weighted by atomic mass is 10.1. The Morgan fingerprint density at radius 2 is 1.79 bits per heavy atom. The molecule has 0 aliphatic carbocycles. The Labute approximate surface area is 196 Å². The van der Waals surface area contributed by atoms with E-state index >= 15 is 0 Å². The monoisotopic (exact) mass is 467 g/mol. The highest BCUT2D eigenvalue weighted by Crippen LogP contribution is 2.36.